The van der Waals surface area contributed by atoms with Crippen LogP contribution < -0.4 is 10.1 Å². The van der Waals surface area contributed by atoms with Crippen LogP contribution in [0.25, 0.3) is 0 Å². The largest absolute Gasteiger partial charge is 0.496 e. The lowest BCUT2D eigenvalue weighted by atomic mass is 9.75. The number of non-ortho nitro benzene ring substituents is 1. The van der Waals surface area contributed by atoms with Crippen molar-refractivity contribution in [3.8, 4) is 5.75 Å². The number of fused-ring (bicyclic) bond motifs is 5. The van der Waals surface area contributed by atoms with Gasteiger partial charge < -0.3 is 10.1 Å². The maximum atomic E-state index is 11.4. The van der Waals surface area contributed by atoms with E-state index in [4.69, 9.17) is 4.74 Å². The summed E-state index contributed by atoms with van der Waals surface area (Å²) in [5.41, 5.74) is 5.74. The fourth-order valence-corrected chi connectivity index (χ4v) is 5.30. The highest BCUT2D eigenvalue weighted by Gasteiger charge is 2.44. The summed E-state index contributed by atoms with van der Waals surface area (Å²) in [6.07, 6.45) is 0.913. The number of rotatable bonds is 3. The van der Waals surface area contributed by atoms with Gasteiger partial charge in [0.1, 0.15) is 5.75 Å². The molecule has 0 unspecified atom stereocenters. The second-order valence-electron chi connectivity index (χ2n) is 7.58. The zero-order valence-corrected chi connectivity index (χ0v) is 17.3. The molecule has 0 radical (unpaired) electrons. The summed E-state index contributed by atoms with van der Waals surface area (Å²) in [5, 5.41) is 15.1. The molecule has 3 aromatic carbocycles. The van der Waals surface area contributed by atoms with Crippen molar-refractivity contribution in [2.24, 2.45) is 5.92 Å². The number of nitro benzene ring substituents is 1. The van der Waals surface area contributed by atoms with Gasteiger partial charge in [-0.1, -0.05) is 40.2 Å². The van der Waals surface area contributed by atoms with Crippen molar-refractivity contribution in [1.82, 2.24) is 0 Å². The summed E-state index contributed by atoms with van der Waals surface area (Å²) in [4.78, 5) is 11.1. The minimum absolute atomic E-state index is 0.0359. The van der Waals surface area contributed by atoms with E-state index in [2.05, 4.69) is 51.6 Å². The molecular weight excluding hydrogens is 432 g/mol. The van der Waals surface area contributed by atoms with Crippen molar-refractivity contribution in [2.75, 3.05) is 12.4 Å². The number of nitrogens with one attached hydrogen (secondary N) is 1. The van der Waals surface area contributed by atoms with E-state index in [0.717, 1.165) is 33.5 Å². The molecule has 5 rings (SSSR count). The Bertz CT molecular complexity index is 1130. The lowest BCUT2D eigenvalue weighted by Gasteiger charge is -2.38. The molecular formula is C23H19BrN2O3. The lowest BCUT2D eigenvalue weighted by Crippen LogP contribution is -2.30. The quantitative estimate of drug-likeness (QED) is 0.402. The summed E-state index contributed by atoms with van der Waals surface area (Å²) < 4.78 is 6.66. The van der Waals surface area contributed by atoms with E-state index in [1.165, 1.54) is 11.1 Å². The van der Waals surface area contributed by atoms with E-state index in [-0.39, 0.29) is 28.5 Å². The Kier molecular flexibility index (Phi) is 4.32. The van der Waals surface area contributed by atoms with Gasteiger partial charge in [-0.2, -0.15) is 0 Å². The van der Waals surface area contributed by atoms with Crippen LogP contribution in [0.4, 0.5) is 11.4 Å². The second-order valence-corrected chi connectivity index (χ2v) is 8.50. The summed E-state index contributed by atoms with van der Waals surface area (Å²) in [6, 6.07) is 19.7. The van der Waals surface area contributed by atoms with E-state index in [1.54, 1.807) is 19.2 Å². The molecule has 6 heteroatoms. The predicted molar refractivity (Wildman–Crippen MR) is 116 cm³/mol. The van der Waals surface area contributed by atoms with Gasteiger partial charge in [-0.15, -0.1) is 0 Å². The molecule has 2 aliphatic rings. The fraction of sp³-hybridized carbons (Fsp3) is 0.217. The molecule has 0 spiro atoms. The van der Waals surface area contributed by atoms with Gasteiger partial charge in [-0.05, 0) is 53.3 Å². The van der Waals surface area contributed by atoms with Crippen LogP contribution in [0.2, 0.25) is 0 Å². The number of halogens is 1. The highest BCUT2D eigenvalue weighted by atomic mass is 79.9. The Hall–Kier alpha value is -2.86. The van der Waals surface area contributed by atoms with Crippen LogP contribution in [0, 0.1) is 16.0 Å². The molecule has 29 heavy (non-hydrogen) atoms. The van der Waals surface area contributed by atoms with Crippen molar-refractivity contribution in [2.45, 2.75) is 18.4 Å². The second kappa shape index (κ2) is 6.88. The van der Waals surface area contributed by atoms with Crippen LogP contribution in [0.1, 0.15) is 34.2 Å². The van der Waals surface area contributed by atoms with E-state index in [9.17, 15) is 10.1 Å². The molecule has 0 fully saturated rings. The number of anilines is 1. The predicted octanol–water partition coefficient (Wildman–Crippen LogP) is 5.84. The first-order chi connectivity index (χ1) is 14.1. The maximum Gasteiger partial charge on any atom is 0.269 e. The number of hydrogen-bond acceptors (Lipinski definition) is 4. The molecule has 146 valence electrons. The van der Waals surface area contributed by atoms with Crippen molar-refractivity contribution in [1.29, 1.82) is 0 Å². The molecule has 0 saturated heterocycles. The minimum atomic E-state index is -0.320. The topological polar surface area (TPSA) is 64.4 Å². The summed E-state index contributed by atoms with van der Waals surface area (Å²) in [6.45, 7) is 0. The first kappa shape index (κ1) is 18.2. The highest BCUT2D eigenvalue weighted by molar-refractivity contribution is 9.10. The van der Waals surface area contributed by atoms with E-state index >= 15 is 0 Å². The number of hydrogen-bond donors (Lipinski definition) is 1. The zero-order valence-electron chi connectivity index (χ0n) is 15.8. The Morgan fingerprint density at radius 1 is 1.07 bits per heavy atom. The fourth-order valence-electron chi connectivity index (χ4n) is 4.92. The first-order valence-electron chi connectivity index (χ1n) is 9.53. The van der Waals surface area contributed by atoms with Crippen LogP contribution in [0.5, 0.6) is 5.75 Å². The maximum absolute atomic E-state index is 11.4. The third-order valence-corrected chi connectivity index (χ3v) is 6.61. The van der Waals surface area contributed by atoms with Gasteiger partial charge in [0.25, 0.3) is 5.69 Å². The molecule has 3 atom stereocenters. The van der Waals surface area contributed by atoms with Crippen LogP contribution in [-0.2, 0) is 6.42 Å². The summed E-state index contributed by atoms with van der Waals surface area (Å²) >= 11 is 3.59. The Morgan fingerprint density at radius 2 is 1.90 bits per heavy atom. The van der Waals surface area contributed by atoms with Gasteiger partial charge in [0.15, 0.2) is 0 Å². The van der Waals surface area contributed by atoms with Crippen molar-refractivity contribution < 1.29 is 9.66 Å². The monoisotopic (exact) mass is 450 g/mol. The van der Waals surface area contributed by atoms with Gasteiger partial charge >= 0.3 is 0 Å². The summed E-state index contributed by atoms with van der Waals surface area (Å²) in [5.74, 6) is 1.19. The van der Waals surface area contributed by atoms with Crippen molar-refractivity contribution >= 4 is 27.3 Å². The van der Waals surface area contributed by atoms with Gasteiger partial charge in [0.2, 0.25) is 0 Å². The van der Waals surface area contributed by atoms with Crippen LogP contribution in [0.15, 0.2) is 65.1 Å². The molecule has 1 aliphatic heterocycles. The molecule has 1 heterocycles. The Morgan fingerprint density at radius 3 is 2.69 bits per heavy atom. The molecule has 0 bridgehead atoms. The third-order valence-electron chi connectivity index (χ3n) is 6.12. The van der Waals surface area contributed by atoms with Crippen molar-refractivity contribution in [3.05, 3.63) is 97.5 Å². The Balaban J connectivity index is 1.71. The van der Waals surface area contributed by atoms with E-state index in [1.807, 2.05) is 18.2 Å². The SMILES string of the molecule is COc1ccc(Br)cc1[C@@H]1Nc2ccc([N+](=O)[O-])cc2[C@H]2c3ccccc3C[C@H]21. The third kappa shape index (κ3) is 2.90. The van der Waals surface area contributed by atoms with Gasteiger partial charge in [-0.3, -0.25) is 10.1 Å². The van der Waals surface area contributed by atoms with Gasteiger partial charge in [0, 0.05) is 33.8 Å². The molecule has 0 saturated carbocycles. The van der Waals surface area contributed by atoms with E-state index in [0.29, 0.717) is 0 Å². The number of nitrogens with zero attached hydrogens (tertiary/aromatic N) is 1. The van der Waals surface area contributed by atoms with E-state index < -0.39 is 0 Å². The summed E-state index contributed by atoms with van der Waals surface area (Å²) in [7, 11) is 1.69. The number of benzene rings is 3. The van der Waals surface area contributed by atoms with Crippen LogP contribution in [0.3, 0.4) is 0 Å². The highest BCUT2D eigenvalue weighted by Crippen LogP contribution is 2.55. The molecule has 1 N–H and O–H groups in total. The molecule has 1 aliphatic carbocycles. The lowest BCUT2D eigenvalue weighted by molar-refractivity contribution is -0.384. The number of ether oxygens (including phenoxy) is 1. The molecule has 3 aromatic rings. The van der Waals surface area contributed by atoms with Crippen LogP contribution >= 0.6 is 15.9 Å². The molecule has 5 nitrogen and oxygen atoms in total. The Labute approximate surface area is 177 Å². The van der Waals surface area contributed by atoms with Gasteiger partial charge in [0.05, 0.1) is 18.1 Å². The minimum Gasteiger partial charge on any atom is -0.496 e. The molecule has 0 aromatic heterocycles. The van der Waals surface area contributed by atoms with Gasteiger partial charge in [-0.25, -0.2) is 0 Å². The normalized spacial score (nSPS) is 21.5. The first-order valence-corrected chi connectivity index (χ1v) is 10.3. The average molecular weight is 451 g/mol. The van der Waals surface area contributed by atoms with Crippen molar-refractivity contribution in [3.63, 3.8) is 0 Å². The molecule has 0 amide bonds. The number of methoxy groups -OCH3 is 1. The smallest absolute Gasteiger partial charge is 0.269 e. The zero-order chi connectivity index (χ0) is 20.1. The standard InChI is InChI=1S/C23H19BrN2O3/c1-29-21-9-6-14(24)11-18(21)23-19-10-13-4-2-3-5-16(13)22(19)17-12-15(26(27)28)7-8-20(17)25-23/h2-9,11-12,19,22-23,25H,10H2,1H3/t19-,22-,23+/m1/s1. The van der Waals surface area contributed by atoms with Crippen LogP contribution in [-0.4, -0.2) is 12.0 Å². The average Bonchev–Trinajstić information content (AvgIpc) is 3.12. The number of nitro groups is 1.